The zero-order chi connectivity index (χ0) is 22.1. The summed E-state index contributed by atoms with van der Waals surface area (Å²) in [4.78, 5) is 31.2. The van der Waals surface area contributed by atoms with Gasteiger partial charge in [-0.25, -0.2) is 9.37 Å². The molecule has 3 heterocycles. The molecule has 0 aliphatic carbocycles. The highest BCUT2D eigenvalue weighted by Gasteiger charge is 2.27. The van der Waals surface area contributed by atoms with Crippen LogP contribution in [0.3, 0.4) is 0 Å². The Morgan fingerprint density at radius 1 is 1.37 bits per heavy atom. The Labute approximate surface area is 172 Å². The normalized spacial score (nSPS) is 12.9. The van der Waals surface area contributed by atoms with Crippen LogP contribution in [0, 0.1) is 0 Å². The number of alkyl halides is 1. The van der Waals surface area contributed by atoms with Gasteiger partial charge in [-0.3, -0.25) is 9.59 Å². The average molecular weight is 416 g/mol. The molecule has 0 aliphatic rings. The predicted octanol–water partition coefficient (Wildman–Crippen LogP) is 1.74. The van der Waals surface area contributed by atoms with Gasteiger partial charge in [-0.15, -0.1) is 0 Å². The number of rotatable bonds is 7. The van der Waals surface area contributed by atoms with Crippen LogP contribution in [0.2, 0.25) is 0 Å². The number of aromatic amines is 1. The van der Waals surface area contributed by atoms with Crippen LogP contribution in [0.25, 0.3) is 16.9 Å². The van der Waals surface area contributed by atoms with Crippen LogP contribution in [0.15, 0.2) is 35.4 Å². The first-order valence-electron chi connectivity index (χ1n) is 9.55. The summed E-state index contributed by atoms with van der Waals surface area (Å²) in [5.74, 6) is -0.157. The van der Waals surface area contributed by atoms with Crippen LogP contribution in [-0.4, -0.2) is 55.0 Å². The molecule has 3 aromatic rings. The van der Waals surface area contributed by atoms with Gasteiger partial charge in [0.2, 0.25) is 5.56 Å². The van der Waals surface area contributed by atoms with Gasteiger partial charge in [-0.2, -0.15) is 9.61 Å². The molecule has 0 fully saturated rings. The van der Waals surface area contributed by atoms with Gasteiger partial charge in [0.05, 0.1) is 17.8 Å². The maximum absolute atomic E-state index is 14.0. The summed E-state index contributed by atoms with van der Waals surface area (Å²) in [5, 5.41) is 19.9. The Morgan fingerprint density at radius 3 is 2.73 bits per heavy atom. The second-order valence-corrected chi connectivity index (χ2v) is 7.89. The number of H-pyrrole nitrogens is 1. The molecule has 1 amide bonds. The first-order chi connectivity index (χ1) is 14.1. The van der Waals surface area contributed by atoms with E-state index in [0.717, 1.165) is 0 Å². The highest BCUT2D eigenvalue weighted by Crippen LogP contribution is 2.23. The van der Waals surface area contributed by atoms with Crippen molar-refractivity contribution in [2.45, 2.75) is 45.5 Å². The monoisotopic (exact) mass is 416 g/mol. The number of aliphatic hydroxyl groups is 1. The second-order valence-electron chi connectivity index (χ2n) is 7.89. The lowest BCUT2D eigenvalue weighted by atomic mass is 10.0. The number of pyridine rings is 1. The smallest absolute Gasteiger partial charge is 0.256 e. The number of nitrogens with zero attached hydrogens (tertiary/aromatic N) is 3. The number of carbonyl (C=O) groups excluding carboxylic acids is 1. The Hall–Kier alpha value is -3.27. The van der Waals surface area contributed by atoms with Gasteiger partial charge < -0.3 is 20.7 Å². The maximum atomic E-state index is 14.0. The van der Waals surface area contributed by atoms with Crippen LogP contribution in [0.5, 0.6) is 0 Å². The fourth-order valence-electron chi connectivity index (χ4n) is 2.78. The van der Waals surface area contributed by atoms with Gasteiger partial charge in [0.1, 0.15) is 17.6 Å². The topological polar surface area (TPSA) is 124 Å². The van der Waals surface area contributed by atoms with Crippen molar-refractivity contribution in [3.8, 4) is 11.3 Å². The summed E-state index contributed by atoms with van der Waals surface area (Å²) in [6.45, 7) is 6.13. The molecule has 3 rings (SSSR count). The Bertz CT molecular complexity index is 1120. The Balaban J connectivity index is 2.00. The van der Waals surface area contributed by atoms with Crippen molar-refractivity contribution >= 4 is 17.4 Å². The Kier molecular flexibility index (Phi) is 5.88. The summed E-state index contributed by atoms with van der Waals surface area (Å²) < 4.78 is 15.5. The fourth-order valence-corrected chi connectivity index (χ4v) is 2.78. The van der Waals surface area contributed by atoms with Crippen LogP contribution >= 0.6 is 0 Å². The molecule has 0 saturated carbocycles. The third-order valence-electron chi connectivity index (χ3n) is 4.43. The van der Waals surface area contributed by atoms with Crippen molar-refractivity contribution in [3.05, 3.63) is 46.5 Å². The number of nitrogens with one attached hydrogen (secondary N) is 3. The van der Waals surface area contributed by atoms with Crippen LogP contribution in [-0.2, 0) is 0 Å². The molecule has 9 nitrogen and oxygen atoms in total. The van der Waals surface area contributed by atoms with Crippen LogP contribution in [0.1, 0.15) is 38.1 Å². The second kappa shape index (κ2) is 8.23. The fraction of sp³-hybridized carbons (Fsp3) is 0.400. The minimum atomic E-state index is -1.63. The molecule has 30 heavy (non-hydrogen) atoms. The minimum Gasteiger partial charge on any atom is -0.387 e. The Morgan fingerprint density at radius 2 is 2.10 bits per heavy atom. The number of halogens is 1. The van der Waals surface area contributed by atoms with E-state index in [1.165, 1.54) is 36.8 Å². The first kappa shape index (κ1) is 21.4. The van der Waals surface area contributed by atoms with Gasteiger partial charge in [0.15, 0.2) is 5.65 Å². The number of aromatic nitrogens is 4. The van der Waals surface area contributed by atoms with E-state index in [0.29, 0.717) is 22.7 Å². The molecule has 4 N–H and O–H groups in total. The van der Waals surface area contributed by atoms with E-state index in [-0.39, 0.29) is 23.7 Å². The molecule has 0 saturated heterocycles. The third kappa shape index (κ3) is 4.65. The zero-order valence-electron chi connectivity index (χ0n) is 17.2. The van der Waals surface area contributed by atoms with E-state index >= 15 is 0 Å². The molecule has 0 aromatic carbocycles. The molecular formula is C20H25FN6O3. The molecule has 3 aromatic heterocycles. The van der Waals surface area contributed by atoms with Gasteiger partial charge in [0, 0.05) is 36.1 Å². The van der Waals surface area contributed by atoms with E-state index in [9.17, 15) is 19.1 Å². The predicted molar refractivity (Wildman–Crippen MR) is 111 cm³/mol. The van der Waals surface area contributed by atoms with Crippen molar-refractivity contribution in [1.29, 1.82) is 0 Å². The number of fused-ring (bicyclic) bond motifs is 1. The van der Waals surface area contributed by atoms with E-state index in [2.05, 4.69) is 25.7 Å². The standard InChI is InChI=1S/C20H25FN6O3/c1-11(2)25-18-13(19(29)24-10-15(21)20(3,4)30)9-23-16-8-14(26-27(16)18)12-5-6-22-17(28)7-12/h5-9,11,15,25,30H,10H2,1-4H3,(H,22,28)(H,24,29)/t15-/m1/s1. The molecule has 0 aliphatic heterocycles. The summed E-state index contributed by atoms with van der Waals surface area (Å²) in [7, 11) is 0. The van der Waals surface area contributed by atoms with Gasteiger partial charge in [-0.1, -0.05) is 0 Å². The largest absolute Gasteiger partial charge is 0.387 e. The SMILES string of the molecule is CC(C)Nc1c(C(=O)NC[C@@H](F)C(C)(C)O)cnc2cc(-c3cc[nH]c(=O)c3)nn12. The highest BCUT2D eigenvalue weighted by atomic mass is 19.1. The number of carbonyl (C=O) groups is 1. The molecule has 1 atom stereocenters. The lowest BCUT2D eigenvalue weighted by molar-refractivity contribution is -0.00177. The molecule has 0 spiro atoms. The van der Waals surface area contributed by atoms with Crippen LogP contribution in [0.4, 0.5) is 10.2 Å². The lowest BCUT2D eigenvalue weighted by Gasteiger charge is -2.22. The summed E-state index contributed by atoms with van der Waals surface area (Å²) in [6.07, 6.45) is 1.28. The van der Waals surface area contributed by atoms with E-state index in [4.69, 9.17) is 0 Å². The van der Waals surface area contributed by atoms with Gasteiger partial charge in [-0.05, 0) is 33.8 Å². The summed E-state index contributed by atoms with van der Waals surface area (Å²) in [6, 6.07) is 4.81. The van der Waals surface area contributed by atoms with E-state index in [1.807, 2.05) is 13.8 Å². The zero-order valence-corrected chi connectivity index (χ0v) is 17.2. The number of hydrogen-bond donors (Lipinski definition) is 4. The molecule has 160 valence electrons. The molecular weight excluding hydrogens is 391 g/mol. The van der Waals surface area contributed by atoms with Crippen molar-refractivity contribution in [2.75, 3.05) is 11.9 Å². The molecule has 0 radical (unpaired) electrons. The number of anilines is 1. The maximum Gasteiger partial charge on any atom is 0.256 e. The molecule has 0 unspecified atom stereocenters. The van der Waals surface area contributed by atoms with Crippen molar-refractivity contribution < 1.29 is 14.3 Å². The highest BCUT2D eigenvalue weighted by molar-refractivity contribution is 5.99. The summed E-state index contributed by atoms with van der Waals surface area (Å²) in [5.41, 5.74) is -0.0471. The van der Waals surface area contributed by atoms with Gasteiger partial charge >= 0.3 is 0 Å². The van der Waals surface area contributed by atoms with Crippen molar-refractivity contribution in [1.82, 2.24) is 24.9 Å². The van der Waals surface area contributed by atoms with Gasteiger partial charge in [0.25, 0.3) is 5.91 Å². The molecule has 10 heteroatoms. The summed E-state index contributed by atoms with van der Waals surface area (Å²) >= 11 is 0. The quantitative estimate of drug-likeness (QED) is 0.465. The number of amides is 1. The van der Waals surface area contributed by atoms with E-state index < -0.39 is 17.7 Å². The number of hydrogen-bond acceptors (Lipinski definition) is 6. The van der Waals surface area contributed by atoms with Crippen molar-refractivity contribution in [3.63, 3.8) is 0 Å². The minimum absolute atomic E-state index is 0.0281. The third-order valence-corrected chi connectivity index (χ3v) is 4.43. The van der Waals surface area contributed by atoms with Crippen molar-refractivity contribution in [2.24, 2.45) is 0 Å². The average Bonchev–Trinajstić information content (AvgIpc) is 3.10. The lowest BCUT2D eigenvalue weighted by Crippen LogP contribution is -2.42. The van der Waals surface area contributed by atoms with Crippen LogP contribution < -0.4 is 16.2 Å². The molecule has 0 bridgehead atoms. The van der Waals surface area contributed by atoms with E-state index in [1.54, 1.807) is 12.1 Å². The first-order valence-corrected chi connectivity index (χ1v) is 9.55.